The summed E-state index contributed by atoms with van der Waals surface area (Å²) in [5, 5.41) is 0. The molecule has 114 valence electrons. The van der Waals surface area contributed by atoms with Crippen LogP contribution < -0.4 is 0 Å². The van der Waals surface area contributed by atoms with Gasteiger partial charge in [0.25, 0.3) is 0 Å². The predicted molar refractivity (Wildman–Crippen MR) is 93.6 cm³/mol. The van der Waals surface area contributed by atoms with Gasteiger partial charge in [0, 0.05) is 0 Å². The lowest BCUT2D eigenvalue weighted by molar-refractivity contribution is 0.550. The molecule has 1 heteroatoms. The van der Waals surface area contributed by atoms with Gasteiger partial charge in [-0.1, -0.05) is 103 Å². The minimum Gasteiger partial charge on any atom is -0.0989 e. The van der Waals surface area contributed by atoms with Crippen molar-refractivity contribution < 1.29 is 0 Å². The first-order chi connectivity index (χ1) is 9.06. The SMILES string of the molecule is CCCCCCCCCCCCC/C=C/[Si](C)(C)C. The molecular formula is C18H38Si. The second-order valence-corrected chi connectivity index (χ2v) is 12.2. The molecule has 0 nitrogen and oxygen atoms in total. The summed E-state index contributed by atoms with van der Waals surface area (Å²) in [5.41, 5.74) is 2.49. The monoisotopic (exact) mass is 282 g/mol. The van der Waals surface area contributed by atoms with Gasteiger partial charge in [-0.05, 0) is 12.8 Å². The molecule has 0 spiro atoms. The quantitative estimate of drug-likeness (QED) is 0.249. The van der Waals surface area contributed by atoms with E-state index in [0.29, 0.717) is 0 Å². The molecule has 0 rings (SSSR count). The Hall–Kier alpha value is -0.0431. The highest BCUT2D eigenvalue weighted by molar-refractivity contribution is 6.80. The van der Waals surface area contributed by atoms with Crippen molar-refractivity contribution in [2.75, 3.05) is 0 Å². The Morgan fingerprint density at radius 2 is 1.05 bits per heavy atom. The number of rotatable bonds is 13. The summed E-state index contributed by atoms with van der Waals surface area (Å²) in [6.45, 7) is 9.51. The fourth-order valence-corrected chi connectivity index (χ4v) is 3.24. The van der Waals surface area contributed by atoms with E-state index in [2.05, 4.69) is 38.3 Å². The Bertz CT molecular complexity index is 200. The van der Waals surface area contributed by atoms with E-state index in [4.69, 9.17) is 0 Å². The minimum atomic E-state index is -0.938. The van der Waals surface area contributed by atoms with E-state index in [1.165, 1.54) is 77.0 Å². The summed E-state index contributed by atoms with van der Waals surface area (Å²) in [7, 11) is -0.938. The van der Waals surface area contributed by atoms with Gasteiger partial charge in [0.1, 0.15) is 0 Å². The van der Waals surface area contributed by atoms with Crippen molar-refractivity contribution in [2.24, 2.45) is 0 Å². The lowest BCUT2D eigenvalue weighted by atomic mass is 10.1. The molecule has 0 N–H and O–H groups in total. The Balaban J connectivity index is 3.09. The highest BCUT2D eigenvalue weighted by atomic mass is 28.3. The molecule has 0 aliphatic rings. The Kier molecular flexibility index (Phi) is 12.9. The normalized spacial score (nSPS) is 12.4. The predicted octanol–water partition coefficient (Wildman–Crippen LogP) is 7.12. The third-order valence-electron chi connectivity index (χ3n) is 3.59. The molecule has 0 aromatic rings. The third kappa shape index (κ3) is 18.0. The molecule has 0 aliphatic heterocycles. The molecule has 0 bridgehead atoms. The van der Waals surface area contributed by atoms with Crippen LogP contribution in [0.1, 0.15) is 84.0 Å². The summed E-state index contributed by atoms with van der Waals surface area (Å²) in [5.74, 6) is 0. The van der Waals surface area contributed by atoms with Crippen LogP contribution in [-0.2, 0) is 0 Å². The largest absolute Gasteiger partial charge is 0.0989 e. The van der Waals surface area contributed by atoms with Gasteiger partial charge in [0.15, 0.2) is 0 Å². The smallest absolute Gasteiger partial charge is 0.0682 e. The zero-order valence-corrected chi connectivity index (χ0v) is 15.1. The summed E-state index contributed by atoms with van der Waals surface area (Å²) < 4.78 is 0. The topological polar surface area (TPSA) is 0 Å². The van der Waals surface area contributed by atoms with Gasteiger partial charge in [-0.2, -0.15) is 0 Å². The van der Waals surface area contributed by atoms with Gasteiger partial charge in [-0.15, -0.1) is 0 Å². The maximum Gasteiger partial charge on any atom is 0.0682 e. The van der Waals surface area contributed by atoms with Crippen molar-refractivity contribution in [1.29, 1.82) is 0 Å². The maximum atomic E-state index is 2.49. The van der Waals surface area contributed by atoms with Crippen LogP contribution in [0.2, 0.25) is 19.6 Å². The molecule has 0 fully saturated rings. The minimum absolute atomic E-state index is 0.938. The van der Waals surface area contributed by atoms with Crippen LogP contribution in [0, 0.1) is 0 Å². The Labute approximate surface area is 124 Å². The zero-order valence-electron chi connectivity index (χ0n) is 14.1. The van der Waals surface area contributed by atoms with E-state index in [1.54, 1.807) is 0 Å². The number of hydrogen-bond acceptors (Lipinski definition) is 0. The first-order valence-corrected chi connectivity index (χ1v) is 12.3. The van der Waals surface area contributed by atoms with Gasteiger partial charge in [-0.3, -0.25) is 0 Å². The highest BCUT2D eigenvalue weighted by Crippen LogP contribution is 2.12. The van der Waals surface area contributed by atoms with E-state index in [1.807, 2.05) is 0 Å². The fourth-order valence-electron chi connectivity index (χ4n) is 2.36. The van der Waals surface area contributed by atoms with Crippen molar-refractivity contribution in [3.05, 3.63) is 11.8 Å². The number of allylic oxidation sites excluding steroid dienone is 1. The molecule has 0 amide bonds. The van der Waals surface area contributed by atoms with Crippen LogP contribution in [0.5, 0.6) is 0 Å². The van der Waals surface area contributed by atoms with Gasteiger partial charge in [0.2, 0.25) is 0 Å². The molecule has 0 aliphatic carbocycles. The van der Waals surface area contributed by atoms with Gasteiger partial charge >= 0.3 is 0 Å². The number of hydrogen-bond donors (Lipinski definition) is 0. The van der Waals surface area contributed by atoms with Crippen molar-refractivity contribution >= 4 is 8.07 Å². The molecule has 0 atom stereocenters. The Morgan fingerprint density at radius 1 is 0.632 bits per heavy atom. The average Bonchev–Trinajstić information content (AvgIpc) is 2.34. The second-order valence-electron chi connectivity index (χ2n) is 7.09. The Morgan fingerprint density at radius 3 is 1.47 bits per heavy atom. The second kappa shape index (κ2) is 13.0. The van der Waals surface area contributed by atoms with E-state index in [9.17, 15) is 0 Å². The van der Waals surface area contributed by atoms with Crippen molar-refractivity contribution in [3.63, 3.8) is 0 Å². The van der Waals surface area contributed by atoms with Crippen LogP contribution in [0.25, 0.3) is 0 Å². The lowest BCUT2D eigenvalue weighted by Crippen LogP contribution is -2.15. The van der Waals surface area contributed by atoms with Crippen molar-refractivity contribution in [1.82, 2.24) is 0 Å². The summed E-state index contributed by atoms with van der Waals surface area (Å²) >= 11 is 0. The average molecular weight is 283 g/mol. The first-order valence-electron chi connectivity index (χ1n) is 8.74. The first kappa shape index (κ1) is 19.0. The standard InChI is InChI=1S/C18H38Si/c1-5-6-7-8-9-10-11-12-13-14-15-16-17-18-19(2,3)4/h17-18H,5-16H2,1-4H3/b18-17+. The van der Waals surface area contributed by atoms with Crippen LogP contribution in [-0.4, -0.2) is 8.07 Å². The molecule has 0 saturated carbocycles. The zero-order chi connectivity index (χ0) is 14.4. The van der Waals surface area contributed by atoms with Gasteiger partial charge in [-0.25, -0.2) is 0 Å². The van der Waals surface area contributed by atoms with Crippen LogP contribution >= 0.6 is 0 Å². The molecule has 19 heavy (non-hydrogen) atoms. The van der Waals surface area contributed by atoms with Crippen LogP contribution in [0.4, 0.5) is 0 Å². The summed E-state index contributed by atoms with van der Waals surface area (Å²) in [6, 6.07) is 0. The highest BCUT2D eigenvalue weighted by Gasteiger charge is 2.05. The van der Waals surface area contributed by atoms with E-state index in [0.717, 1.165) is 0 Å². The molecule has 0 heterocycles. The van der Waals surface area contributed by atoms with Gasteiger partial charge < -0.3 is 0 Å². The maximum absolute atomic E-state index is 2.49. The number of unbranched alkanes of at least 4 members (excludes halogenated alkanes) is 11. The molecule has 0 aromatic heterocycles. The molecule has 0 radical (unpaired) electrons. The van der Waals surface area contributed by atoms with Crippen molar-refractivity contribution in [3.8, 4) is 0 Å². The van der Waals surface area contributed by atoms with Crippen LogP contribution in [0.3, 0.4) is 0 Å². The van der Waals surface area contributed by atoms with E-state index >= 15 is 0 Å². The summed E-state index contributed by atoms with van der Waals surface area (Å²) in [4.78, 5) is 0. The molecule has 0 aromatic carbocycles. The molecular weight excluding hydrogens is 244 g/mol. The fraction of sp³-hybridized carbons (Fsp3) is 0.889. The third-order valence-corrected chi connectivity index (χ3v) is 4.83. The van der Waals surface area contributed by atoms with Crippen LogP contribution in [0.15, 0.2) is 11.8 Å². The van der Waals surface area contributed by atoms with E-state index in [-0.39, 0.29) is 0 Å². The van der Waals surface area contributed by atoms with E-state index < -0.39 is 8.07 Å². The summed E-state index contributed by atoms with van der Waals surface area (Å²) in [6.07, 6.45) is 19.6. The molecule has 0 saturated heterocycles. The molecule has 0 unspecified atom stereocenters. The van der Waals surface area contributed by atoms with Gasteiger partial charge in [0.05, 0.1) is 8.07 Å². The lowest BCUT2D eigenvalue weighted by Gasteiger charge is -2.07. The van der Waals surface area contributed by atoms with Crippen molar-refractivity contribution in [2.45, 2.75) is 104 Å².